The van der Waals surface area contributed by atoms with E-state index < -0.39 is 5.91 Å². The van der Waals surface area contributed by atoms with Crippen LogP contribution in [0.25, 0.3) is 0 Å². The second-order valence-corrected chi connectivity index (χ2v) is 4.17. The smallest absolute Gasteiger partial charge is 0.275 e. The minimum atomic E-state index is -0.405. The zero-order valence-corrected chi connectivity index (χ0v) is 11.5. The van der Waals surface area contributed by atoms with Crippen LogP contribution in [-0.4, -0.2) is 36.1 Å². The number of methoxy groups -OCH3 is 1. The number of carbonyl (C=O) groups is 1. The lowest BCUT2D eigenvalue weighted by Crippen LogP contribution is -2.15. The summed E-state index contributed by atoms with van der Waals surface area (Å²) in [5, 5.41) is 5.60. The summed E-state index contributed by atoms with van der Waals surface area (Å²) in [6.07, 6.45) is 2.84. The van der Waals surface area contributed by atoms with E-state index >= 15 is 0 Å². The maximum atomic E-state index is 12.8. The molecule has 0 saturated carbocycles. The molecule has 2 aromatic rings. The highest BCUT2D eigenvalue weighted by Gasteiger charge is 2.08. The molecule has 2 N–H and O–H groups in total. The van der Waals surface area contributed by atoms with Crippen molar-refractivity contribution in [3.63, 3.8) is 0 Å². The molecule has 1 aromatic carbocycles. The Labute approximate surface area is 121 Å². The number of nitrogens with zero attached hydrogens (tertiary/aromatic N) is 2. The summed E-state index contributed by atoms with van der Waals surface area (Å²) >= 11 is 0. The number of anilines is 2. The molecule has 21 heavy (non-hydrogen) atoms. The first kappa shape index (κ1) is 14.9. The summed E-state index contributed by atoms with van der Waals surface area (Å²) in [7, 11) is 1.61. The van der Waals surface area contributed by atoms with Crippen LogP contribution < -0.4 is 10.6 Å². The number of halogens is 1. The van der Waals surface area contributed by atoms with Crippen molar-refractivity contribution in [3.05, 3.63) is 48.2 Å². The Morgan fingerprint density at radius 3 is 2.62 bits per heavy atom. The molecule has 0 spiro atoms. The monoisotopic (exact) mass is 290 g/mol. The molecule has 110 valence electrons. The van der Waals surface area contributed by atoms with Crippen molar-refractivity contribution < 1.29 is 13.9 Å². The third-order valence-electron chi connectivity index (χ3n) is 2.60. The predicted molar refractivity (Wildman–Crippen MR) is 76.8 cm³/mol. The van der Waals surface area contributed by atoms with Gasteiger partial charge in [-0.3, -0.25) is 4.79 Å². The van der Waals surface area contributed by atoms with Crippen molar-refractivity contribution in [1.29, 1.82) is 0 Å². The van der Waals surface area contributed by atoms with Crippen LogP contribution in [0.3, 0.4) is 0 Å². The Morgan fingerprint density at radius 2 is 2.00 bits per heavy atom. The lowest BCUT2D eigenvalue weighted by molar-refractivity contribution is 0.102. The van der Waals surface area contributed by atoms with Crippen LogP contribution in [0.4, 0.5) is 15.9 Å². The highest BCUT2D eigenvalue weighted by molar-refractivity contribution is 6.02. The number of nitrogens with one attached hydrogen (secondary N) is 2. The number of rotatable bonds is 6. The van der Waals surface area contributed by atoms with Crippen molar-refractivity contribution in [2.75, 3.05) is 30.9 Å². The summed E-state index contributed by atoms with van der Waals surface area (Å²) in [4.78, 5) is 20.0. The minimum Gasteiger partial charge on any atom is -0.383 e. The molecule has 0 radical (unpaired) electrons. The molecule has 1 aromatic heterocycles. The topological polar surface area (TPSA) is 76.1 Å². The Morgan fingerprint density at radius 1 is 1.24 bits per heavy atom. The Balaban J connectivity index is 1.94. The van der Waals surface area contributed by atoms with Crippen molar-refractivity contribution >= 4 is 17.4 Å². The van der Waals surface area contributed by atoms with Crippen LogP contribution in [0.2, 0.25) is 0 Å². The van der Waals surface area contributed by atoms with E-state index in [-0.39, 0.29) is 11.5 Å². The fourth-order valence-electron chi connectivity index (χ4n) is 1.55. The van der Waals surface area contributed by atoms with Crippen molar-refractivity contribution in [2.45, 2.75) is 0 Å². The molecule has 6 nitrogen and oxygen atoms in total. The van der Waals surface area contributed by atoms with Gasteiger partial charge >= 0.3 is 0 Å². The molecule has 0 saturated heterocycles. The standard InChI is InChI=1S/C14H15FN4O2/c1-21-7-6-16-13-9-17-12(8-18-13)14(20)19-11-4-2-10(15)3-5-11/h2-5,8-9H,6-7H2,1H3,(H,16,18)(H,19,20). The largest absolute Gasteiger partial charge is 0.383 e. The van der Waals surface area contributed by atoms with E-state index in [0.29, 0.717) is 24.7 Å². The zero-order valence-electron chi connectivity index (χ0n) is 11.5. The van der Waals surface area contributed by atoms with Gasteiger partial charge in [-0.1, -0.05) is 0 Å². The zero-order chi connectivity index (χ0) is 15.1. The summed E-state index contributed by atoms with van der Waals surface area (Å²) < 4.78 is 17.7. The molecule has 0 fully saturated rings. The van der Waals surface area contributed by atoms with Crippen LogP contribution in [0, 0.1) is 5.82 Å². The SMILES string of the molecule is COCCNc1cnc(C(=O)Nc2ccc(F)cc2)cn1. The van der Waals surface area contributed by atoms with Gasteiger partial charge in [0.25, 0.3) is 5.91 Å². The van der Waals surface area contributed by atoms with Gasteiger partial charge in [-0.25, -0.2) is 14.4 Å². The van der Waals surface area contributed by atoms with E-state index in [9.17, 15) is 9.18 Å². The molecular weight excluding hydrogens is 275 g/mol. The van der Waals surface area contributed by atoms with Crippen LogP contribution >= 0.6 is 0 Å². The summed E-state index contributed by atoms with van der Waals surface area (Å²) in [6.45, 7) is 1.15. The van der Waals surface area contributed by atoms with Gasteiger partial charge in [0.05, 0.1) is 19.0 Å². The number of amides is 1. The van der Waals surface area contributed by atoms with E-state index in [1.54, 1.807) is 7.11 Å². The summed E-state index contributed by atoms with van der Waals surface area (Å²) in [5.74, 6) is -0.206. The highest BCUT2D eigenvalue weighted by atomic mass is 19.1. The Bertz CT molecular complexity index is 587. The molecule has 7 heteroatoms. The minimum absolute atomic E-state index is 0.177. The van der Waals surface area contributed by atoms with Gasteiger partial charge in [0.15, 0.2) is 0 Å². The molecule has 0 aliphatic rings. The van der Waals surface area contributed by atoms with Crippen molar-refractivity contribution in [3.8, 4) is 0 Å². The number of hydrogen-bond donors (Lipinski definition) is 2. The van der Waals surface area contributed by atoms with E-state index in [0.717, 1.165) is 0 Å². The molecule has 2 rings (SSSR count). The fraction of sp³-hybridized carbons (Fsp3) is 0.214. The molecule has 0 aliphatic heterocycles. The average Bonchev–Trinajstić information content (AvgIpc) is 2.50. The molecule has 0 bridgehead atoms. The van der Waals surface area contributed by atoms with Crippen LogP contribution in [0.1, 0.15) is 10.5 Å². The van der Waals surface area contributed by atoms with Gasteiger partial charge in [0, 0.05) is 19.3 Å². The van der Waals surface area contributed by atoms with Crippen LogP contribution in [0.5, 0.6) is 0 Å². The summed E-state index contributed by atoms with van der Waals surface area (Å²) in [6, 6.07) is 5.48. The van der Waals surface area contributed by atoms with Crippen molar-refractivity contribution in [1.82, 2.24) is 9.97 Å². The molecule has 1 amide bonds. The number of carbonyl (C=O) groups excluding carboxylic acids is 1. The maximum Gasteiger partial charge on any atom is 0.275 e. The van der Waals surface area contributed by atoms with Crippen LogP contribution in [0.15, 0.2) is 36.7 Å². The third-order valence-corrected chi connectivity index (χ3v) is 2.60. The molecule has 0 atom stereocenters. The number of aromatic nitrogens is 2. The van der Waals surface area contributed by atoms with E-state index in [4.69, 9.17) is 4.74 Å². The second-order valence-electron chi connectivity index (χ2n) is 4.17. The van der Waals surface area contributed by atoms with E-state index in [1.807, 2.05) is 0 Å². The van der Waals surface area contributed by atoms with E-state index in [2.05, 4.69) is 20.6 Å². The Kier molecular flexibility index (Phi) is 5.16. The number of ether oxygens (including phenoxy) is 1. The highest BCUT2D eigenvalue weighted by Crippen LogP contribution is 2.10. The first-order chi connectivity index (χ1) is 10.2. The first-order valence-electron chi connectivity index (χ1n) is 6.31. The van der Waals surface area contributed by atoms with E-state index in [1.165, 1.54) is 36.7 Å². The van der Waals surface area contributed by atoms with Gasteiger partial charge < -0.3 is 15.4 Å². The quantitative estimate of drug-likeness (QED) is 0.795. The maximum absolute atomic E-state index is 12.8. The molecule has 0 unspecified atom stereocenters. The number of benzene rings is 1. The molecular formula is C14H15FN4O2. The van der Waals surface area contributed by atoms with Gasteiger partial charge in [0.2, 0.25) is 0 Å². The van der Waals surface area contributed by atoms with Gasteiger partial charge in [-0.2, -0.15) is 0 Å². The van der Waals surface area contributed by atoms with Gasteiger partial charge in [-0.05, 0) is 24.3 Å². The lowest BCUT2D eigenvalue weighted by Gasteiger charge is -2.06. The lowest BCUT2D eigenvalue weighted by atomic mass is 10.3. The first-order valence-corrected chi connectivity index (χ1v) is 6.31. The molecule has 0 aliphatic carbocycles. The second kappa shape index (κ2) is 7.30. The molecule has 1 heterocycles. The Hall–Kier alpha value is -2.54. The average molecular weight is 290 g/mol. The number of hydrogen-bond acceptors (Lipinski definition) is 5. The van der Waals surface area contributed by atoms with Crippen LogP contribution in [-0.2, 0) is 4.74 Å². The van der Waals surface area contributed by atoms with Crippen molar-refractivity contribution in [2.24, 2.45) is 0 Å². The summed E-state index contributed by atoms with van der Waals surface area (Å²) in [5.41, 5.74) is 0.669. The van der Waals surface area contributed by atoms with Gasteiger partial charge in [0.1, 0.15) is 17.3 Å². The third kappa shape index (κ3) is 4.50. The predicted octanol–water partition coefficient (Wildman–Crippen LogP) is 1.93. The van der Waals surface area contributed by atoms with Gasteiger partial charge in [-0.15, -0.1) is 0 Å². The normalized spacial score (nSPS) is 10.2. The fourth-order valence-corrected chi connectivity index (χ4v) is 1.55.